The molecule has 0 aliphatic heterocycles. The fourth-order valence-electron chi connectivity index (χ4n) is 1.42. The Balaban J connectivity index is 2.45. The van der Waals surface area contributed by atoms with Crippen molar-refractivity contribution in [3.8, 4) is 0 Å². The topological polar surface area (TPSA) is 25.8 Å². The summed E-state index contributed by atoms with van der Waals surface area (Å²) in [5.74, 6) is 0.604. The Morgan fingerprint density at radius 1 is 1.12 bits per heavy atom. The molecule has 4 heteroatoms. The van der Waals surface area contributed by atoms with E-state index in [1.807, 2.05) is 24.3 Å². The highest BCUT2D eigenvalue weighted by Gasteiger charge is 2.13. The van der Waals surface area contributed by atoms with Gasteiger partial charge in [-0.05, 0) is 23.6 Å². The van der Waals surface area contributed by atoms with Crippen LogP contribution in [0.2, 0.25) is 5.28 Å². The minimum atomic E-state index is 0.321. The summed E-state index contributed by atoms with van der Waals surface area (Å²) in [4.78, 5) is 8.57. The van der Waals surface area contributed by atoms with Crippen LogP contribution in [0.1, 0.15) is 20.8 Å². The van der Waals surface area contributed by atoms with Crippen molar-refractivity contribution < 1.29 is 0 Å². The fourth-order valence-corrected chi connectivity index (χ4v) is 2.71. The van der Waals surface area contributed by atoms with Crippen LogP contribution in [0.4, 0.5) is 0 Å². The molecule has 1 aromatic carbocycles. The molecule has 0 bridgehead atoms. The highest BCUT2D eigenvalue weighted by atomic mass is 35.5. The van der Waals surface area contributed by atoms with E-state index in [0.717, 1.165) is 15.9 Å². The van der Waals surface area contributed by atoms with Crippen LogP contribution in [-0.4, -0.2) is 15.2 Å². The lowest BCUT2D eigenvalue weighted by Crippen LogP contribution is -2.06. The zero-order valence-corrected chi connectivity index (χ0v) is 11.7. The Kier molecular flexibility index (Phi) is 3.89. The zero-order chi connectivity index (χ0) is 12.4. The molecule has 2 aromatic rings. The minimum absolute atomic E-state index is 0.321. The number of rotatable bonds is 3. The number of hydrogen-bond acceptors (Lipinski definition) is 3. The Labute approximate surface area is 111 Å². The van der Waals surface area contributed by atoms with Crippen molar-refractivity contribution in [3.05, 3.63) is 29.5 Å². The van der Waals surface area contributed by atoms with E-state index in [-0.39, 0.29) is 0 Å². The molecule has 1 unspecified atom stereocenters. The number of hydrogen-bond donors (Lipinski definition) is 0. The van der Waals surface area contributed by atoms with Gasteiger partial charge < -0.3 is 0 Å². The third-order valence-electron chi connectivity index (χ3n) is 2.78. The van der Waals surface area contributed by atoms with Crippen molar-refractivity contribution in [2.45, 2.75) is 31.0 Å². The largest absolute Gasteiger partial charge is 0.224 e. The molecule has 0 aliphatic rings. The SMILES string of the molecule is CC(C)C(C)Sc1nc(Cl)nc2ccccc12. The van der Waals surface area contributed by atoms with Crippen molar-refractivity contribution in [1.82, 2.24) is 9.97 Å². The molecule has 90 valence electrons. The number of halogens is 1. The van der Waals surface area contributed by atoms with Gasteiger partial charge in [-0.3, -0.25) is 0 Å². The van der Waals surface area contributed by atoms with Gasteiger partial charge in [-0.15, -0.1) is 11.8 Å². The molecule has 0 amide bonds. The number of benzene rings is 1. The molecule has 1 atom stereocenters. The Morgan fingerprint density at radius 2 is 1.82 bits per heavy atom. The van der Waals surface area contributed by atoms with Gasteiger partial charge in [0.1, 0.15) is 5.03 Å². The lowest BCUT2D eigenvalue weighted by atomic mass is 10.2. The molecule has 2 nitrogen and oxygen atoms in total. The highest BCUT2D eigenvalue weighted by molar-refractivity contribution is 8.00. The van der Waals surface area contributed by atoms with Crippen LogP contribution in [0.15, 0.2) is 29.3 Å². The van der Waals surface area contributed by atoms with Crippen LogP contribution in [0.3, 0.4) is 0 Å². The summed E-state index contributed by atoms with van der Waals surface area (Å²) in [5, 5.41) is 2.88. The van der Waals surface area contributed by atoms with Gasteiger partial charge in [0.25, 0.3) is 0 Å². The summed E-state index contributed by atoms with van der Waals surface area (Å²) in [6.07, 6.45) is 0. The van der Waals surface area contributed by atoms with Gasteiger partial charge in [0, 0.05) is 10.6 Å². The van der Waals surface area contributed by atoms with E-state index < -0.39 is 0 Å². The third-order valence-corrected chi connectivity index (χ3v) is 4.40. The predicted octanol–water partition coefficient (Wildman–Crippen LogP) is 4.42. The number of thioether (sulfide) groups is 1. The van der Waals surface area contributed by atoms with Gasteiger partial charge in [0.05, 0.1) is 5.52 Å². The van der Waals surface area contributed by atoms with Crippen molar-refractivity contribution >= 4 is 34.3 Å². The van der Waals surface area contributed by atoms with E-state index in [4.69, 9.17) is 11.6 Å². The average molecular weight is 267 g/mol. The maximum Gasteiger partial charge on any atom is 0.224 e. The first-order chi connectivity index (χ1) is 8.08. The molecule has 0 aliphatic carbocycles. The Bertz CT molecular complexity index is 528. The molecule has 17 heavy (non-hydrogen) atoms. The summed E-state index contributed by atoms with van der Waals surface area (Å²) in [5.41, 5.74) is 0.908. The van der Waals surface area contributed by atoms with Crippen molar-refractivity contribution in [2.24, 2.45) is 5.92 Å². The summed E-state index contributed by atoms with van der Waals surface area (Å²) < 4.78 is 0. The monoisotopic (exact) mass is 266 g/mol. The third kappa shape index (κ3) is 2.90. The number of aromatic nitrogens is 2. The molecular weight excluding hydrogens is 252 g/mol. The number of fused-ring (bicyclic) bond motifs is 1. The first-order valence-corrected chi connectivity index (χ1v) is 6.92. The van der Waals surface area contributed by atoms with Crippen molar-refractivity contribution in [2.75, 3.05) is 0 Å². The molecule has 1 aromatic heterocycles. The zero-order valence-electron chi connectivity index (χ0n) is 10.1. The first kappa shape index (κ1) is 12.7. The van der Waals surface area contributed by atoms with E-state index >= 15 is 0 Å². The predicted molar refractivity (Wildman–Crippen MR) is 74.7 cm³/mol. The molecular formula is C13H15ClN2S. The standard InChI is InChI=1S/C13H15ClN2S/c1-8(2)9(3)17-12-10-6-4-5-7-11(10)15-13(14)16-12/h4-9H,1-3H3. The van der Waals surface area contributed by atoms with Gasteiger partial charge in [-0.25, -0.2) is 9.97 Å². The van der Waals surface area contributed by atoms with Gasteiger partial charge in [0.15, 0.2) is 0 Å². The fraction of sp³-hybridized carbons (Fsp3) is 0.385. The summed E-state index contributed by atoms with van der Waals surface area (Å²) >= 11 is 7.71. The van der Waals surface area contributed by atoms with E-state index in [1.54, 1.807) is 11.8 Å². The molecule has 0 fully saturated rings. The minimum Gasteiger partial charge on any atom is -0.218 e. The van der Waals surface area contributed by atoms with Crippen LogP contribution >= 0.6 is 23.4 Å². The lowest BCUT2D eigenvalue weighted by molar-refractivity contribution is 0.641. The van der Waals surface area contributed by atoms with Gasteiger partial charge >= 0.3 is 0 Å². The molecule has 0 spiro atoms. The van der Waals surface area contributed by atoms with Crippen molar-refractivity contribution in [1.29, 1.82) is 0 Å². The molecule has 1 heterocycles. The molecule has 0 saturated carbocycles. The smallest absolute Gasteiger partial charge is 0.218 e. The second-order valence-electron chi connectivity index (χ2n) is 4.38. The van der Waals surface area contributed by atoms with Crippen LogP contribution in [0.25, 0.3) is 10.9 Å². The normalized spacial score (nSPS) is 13.2. The summed E-state index contributed by atoms with van der Waals surface area (Å²) in [6, 6.07) is 7.98. The van der Waals surface area contributed by atoms with Gasteiger partial charge in [-0.1, -0.05) is 39.0 Å². The van der Waals surface area contributed by atoms with Crippen LogP contribution in [0.5, 0.6) is 0 Å². The average Bonchev–Trinajstić information content (AvgIpc) is 2.28. The highest BCUT2D eigenvalue weighted by Crippen LogP contribution is 2.32. The van der Waals surface area contributed by atoms with E-state index in [9.17, 15) is 0 Å². The summed E-state index contributed by atoms with van der Waals surface area (Å²) in [6.45, 7) is 6.63. The summed E-state index contributed by atoms with van der Waals surface area (Å²) in [7, 11) is 0. The molecule has 0 N–H and O–H groups in total. The van der Waals surface area contributed by atoms with Crippen LogP contribution < -0.4 is 0 Å². The van der Waals surface area contributed by atoms with Gasteiger partial charge in [-0.2, -0.15) is 0 Å². The van der Waals surface area contributed by atoms with Gasteiger partial charge in [0.2, 0.25) is 5.28 Å². The number of para-hydroxylation sites is 1. The van der Waals surface area contributed by atoms with E-state index in [0.29, 0.717) is 16.5 Å². The quantitative estimate of drug-likeness (QED) is 0.467. The first-order valence-electron chi connectivity index (χ1n) is 5.67. The molecule has 2 rings (SSSR count). The van der Waals surface area contributed by atoms with E-state index in [1.165, 1.54) is 0 Å². The second kappa shape index (κ2) is 5.23. The molecule has 0 saturated heterocycles. The van der Waals surface area contributed by atoms with E-state index in [2.05, 4.69) is 30.7 Å². The molecule has 0 radical (unpaired) electrons. The Hall–Kier alpha value is -0.800. The lowest BCUT2D eigenvalue weighted by Gasteiger charge is -2.15. The number of nitrogens with zero attached hydrogens (tertiary/aromatic N) is 2. The Morgan fingerprint density at radius 3 is 2.53 bits per heavy atom. The maximum absolute atomic E-state index is 5.95. The van der Waals surface area contributed by atoms with Crippen LogP contribution in [-0.2, 0) is 0 Å². The van der Waals surface area contributed by atoms with Crippen LogP contribution in [0, 0.1) is 5.92 Å². The second-order valence-corrected chi connectivity index (χ2v) is 6.09. The maximum atomic E-state index is 5.95. The van der Waals surface area contributed by atoms with Crippen molar-refractivity contribution in [3.63, 3.8) is 0 Å².